The fraction of sp³-hybridized carbons (Fsp3) is 0.923. The van der Waals surface area contributed by atoms with Crippen molar-refractivity contribution in [2.24, 2.45) is 0 Å². The van der Waals surface area contributed by atoms with E-state index in [4.69, 9.17) is 5.26 Å². The van der Waals surface area contributed by atoms with Crippen LogP contribution in [-0.2, 0) is 0 Å². The second-order valence-corrected chi connectivity index (χ2v) is 4.71. The summed E-state index contributed by atoms with van der Waals surface area (Å²) in [4.78, 5) is 5.01. The minimum absolute atomic E-state index is 0.0219. The fourth-order valence-corrected chi connectivity index (χ4v) is 2.32. The van der Waals surface area contributed by atoms with Crippen LogP contribution in [0.15, 0.2) is 0 Å². The molecule has 0 aromatic carbocycles. The van der Waals surface area contributed by atoms with Crippen molar-refractivity contribution in [3.63, 3.8) is 0 Å². The predicted octanol–water partition coefficient (Wildman–Crippen LogP) is 0.906. The molecule has 1 aliphatic heterocycles. The highest BCUT2D eigenvalue weighted by atomic mass is 15.3. The highest BCUT2D eigenvalue weighted by Gasteiger charge is 2.16. The Morgan fingerprint density at radius 3 is 2.18 bits per heavy atom. The number of hydrogen-bond acceptors (Lipinski definition) is 4. The molecular formula is C13H26N4. The van der Waals surface area contributed by atoms with Crippen molar-refractivity contribution < 1.29 is 0 Å². The first-order valence-electron chi connectivity index (χ1n) is 6.87. The third kappa shape index (κ3) is 5.49. The van der Waals surface area contributed by atoms with E-state index in [-0.39, 0.29) is 6.04 Å². The van der Waals surface area contributed by atoms with Gasteiger partial charge in [-0.3, -0.25) is 0 Å². The molecule has 4 nitrogen and oxygen atoms in total. The Hall–Kier alpha value is -0.630. The second-order valence-electron chi connectivity index (χ2n) is 4.71. The number of hydrogen-bond donors (Lipinski definition) is 1. The second kappa shape index (κ2) is 8.46. The molecule has 0 spiro atoms. The van der Waals surface area contributed by atoms with Gasteiger partial charge in [-0.15, -0.1) is 0 Å². The number of nitriles is 1. The average Bonchev–Trinajstić information content (AvgIpc) is 2.36. The van der Waals surface area contributed by atoms with Gasteiger partial charge < -0.3 is 15.1 Å². The lowest BCUT2D eigenvalue weighted by molar-refractivity contribution is 0.130. The van der Waals surface area contributed by atoms with E-state index in [1.54, 1.807) is 0 Å². The third-order valence-corrected chi connectivity index (χ3v) is 3.35. The molecule has 0 amide bonds. The Morgan fingerprint density at radius 1 is 1.12 bits per heavy atom. The van der Waals surface area contributed by atoms with E-state index in [1.807, 2.05) is 6.92 Å². The first-order chi connectivity index (χ1) is 8.30. The molecule has 1 heterocycles. The van der Waals surface area contributed by atoms with E-state index in [2.05, 4.69) is 28.1 Å². The summed E-state index contributed by atoms with van der Waals surface area (Å²) in [6.07, 6.45) is 2.19. The van der Waals surface area contributed by atoms with E-state index in [0.717, 1.165) is 32.6 Å². The summed E-state index contributed by atoms with van der Waals surface area (Å²) >= 11 is 0. The predicted molar refractivity (Wildman–Crippen MR) is 70.9 cm³/mol. The van der Waals surface area contributed by atoms with Crippen molar-refractivity contribution >= 4 is 0 Å². The van der Waals surface area contributed by atoms with Gasteiger partial charge in [-0.2, -0.15) is 5.26 Å². The maximum absolute atomic E-state index is 8.96. The maximum atomic E-state index is 8.96. The van der Waals surface area contributed by atoms with E-state index < -0.39 is 0 Å². The minimum atomic E-state index is 0.0219. The van der Waals surface area contributed by atoms with Crippen molar-refractivity contribution in [1.82, 2.24) is 15.1 Å². The van der Waals surface area contributed by atoms with Crippen molar-refractivity contribution in [3.05, 3.63) is 0 Å². The van der Waals surface area contributed by atoms with Crippen LogP contribution in [0.2, 0.25) is 0 Å². The van der Waals surface area contributed by atoms with Crippen molar-refractivity contribution in [1.29, 1.82) is 5.26 Å². The molecule has 1 rings (SSSR count). The normalized spacial score (nSPS) is 20.1. The summed E-state index contributed by atoms with van der Waals surface area (Å²) < 4.78 is 0. The SMILES string of the molecule is CCCN1CCN(CCC(C#N)NCC)CC1. The molecule has 1 aliphatic rings. The molecule has 0 radical (unpaired) electrons. The van der Waals surface area contributed by atoms with Gasteiger partial charge in [-0.25, -0.2) is 0 Å². The average molecular weight is 238 g/mol. The Labute approximate surface area is 106 Å². The van der Waals surface area contributed by atoms with Crippen molar-refractivity contribution in [3.8, 4) is 6.07 Å². The lowest BCUT2D eigenvalue weighted by Crippen LogP contribution is -2.47. The highest BCUT2D eigenvalue weighted by Crippen LogP contribution is 2.04. The van der Waals surface area contributed by atoms with Gasteiger partial charge in [0, 0.05) is 32.7 Å². The van der Waals surface area contributed by atoms with Gasteiger partial charge in [0.25, 0.3) is 0 Å². The number of nitrogens with zero attached hydrogens (tertiary/aromatic N) is 3. The molecule has 98 valence electrons. The standard InChI is InChI=1S/C13H26N4/c1-3-6-16-8-10-17(11-9-16)7-5-13(12-14)15-4-2/h13,15H,3-11H2,1-2H3. The van der Waals surface area contributed by atoms with Crippen LogP contribution in [0, 0.1) is 11.3 Å². The summed E-state index contributed by atoms with van der Waals surface area (Å²) in [7, 11) is 0. The lowest BCUT2D eigenvalue weighted by Gasteiger charge is -2.34. The van der Waals surface area contributed by atoms with Gasteiger partial charge in [0.1, 0.15) is 0 Å². The monoisotopic (exact) mass is 238 g/mol. The molecule has 0 aliphatic carbocycles. The van der Waals surface area contributed by atoms with Crippen LogP contribution >= 0.6 is 0 Å². The lowest BCUT2D eigenvalue weighted by atomic mass is 10.2. The zero-order valence-electron chi connectivity index (χ0n) is 11.3. The van der Waals surface area contributed by atoms with E-state index >= 15 is 0 Å². The smallest absolute Gasteiger partial charge is 0.0965 e. The highest BCUT2D eigenvalue weighted by molar-refractivity contribution is 4.90. The van der Waals surface area contributed by atoms with Gasteiger partial charge in [0.15, 0.2) is 0 Å². The molecule has 17 heavy (non-hydrogen) atoms. The fourth-order valence-electron chi connectivity index (χ4n) is 2.32. The maximum Gasteiger partial charge on any atom is 0.0965 e. The van der Waals surface area contributed by atoms with Gasteiger partial charge >= 0.3 is 0 Å². The Bertz CT molecular complexity index is 228. The third-order valence-electron chi connectivity index (χ3n) is 3.35. The number of nitrogens with one attached hydrogen (secondary N) is 1. The van der Waals surface area contributed by atoms with Crippen LogP contribution in [0.25, 0.3) is 0 Å². The molecule has 1 unspecified atom stereocenters. The van der Waals surface area contributed by atoms with Crippen LogP contribution in [-0.4, -0.2) is 61.7 Å². The molecule has 0 saturated carbocycles. The Kier molecular flexibility index (Phi) is 7.18. The van der Waals surface area contributed by atoms with Crippen LogP contribution < -0.4 is 5.32 Å². The Balaban J connectivity index is 2.15. The van der Waals surface area contributed by atoms with Gasteiger partial charge in [0.2, 0.25) is 0 Å². The largest absolute Gasteiger partial charge is 0.302 e. The van der Waals surface area contributed by atoms with Crippen molar-refractivity contribution in [2.45, 2.75) is 32.7 Å². The van der Waals surface area contributed by atoms with E-state index in [0.29, 0.717) is 0 Å². The first kappa shape index (κ1) is 14.4. The van der Waals surface area contributed by atoms with Crippen LogP contribution in [0.3, 0.4) is 0 Å². The summed E-state index contributed by atoms with van der Waals surface area (Å²) in [5.74, 6) is 0. The molecule has 1 N–H and O–H groups in total. The molecular weight excluding hydrogens is 212 g/mol. The summed E-state index contributed by atoms with van der Waals surface area (Å²) in [6, 6.07) is 2.35. The summed E-state index contributed by atoms with van der Waals surface area (Å²) in [6.45, 7) is 12.1. The molecule has 1 saturated heterocycles. The quantitative estimate of drug-likeness (QED) is 0.716. The van der Waals surface area contributed by atoms with Crippen LogP contribution in [0.4, 0.5) is 0 Å². The van der Waals surface area contributed by atoms with Gasteiger partial charge in [0.05, 0.1) is 12.1 Å². The molecule has 0 aromatic rings. The summed E-state index contributed by atoms with van der Waals surface area (Å²) in [5, 5.41) is 12.2. The van der Waals surface area contributed by atoms with Crippen LogP contribution in [0.1, 0.15) is 26.7 Å². The van der Waals surface area contributed by atoms with E-state index in [1.165, 1.54) is 26.1 Å². The number of rotatable bonds is 7. The molecule has 1 fully saturated rings. The Morgan fingerprint density at radius 2 is 1.71 bits per heavy atom. The topological polar surface area (TPSA) is 42.3 Å². The number of piperazine rings is 1. The van der Waals surface area contributed by atoms with E-state index in [9.17, 15) is 0 Å². The minimum Gasteiger partial charge on any atom is -0.302 e. The zero-order chi connectivity index (χ0) is 12.5. The molecule has 1 atom stereocenters. The molecule has 4 heteroatoms. The van der Waals surface area contributed by atoms with Crippen molar-refractivity contribution in [2.75, 3.05) is 45.8 Å². The van der Waals surface area contributed by atoms with Crippen LogP contribution in [0.5, 0.6) is 0 Å². The van der Waals surface area contributed by atoms with Gasteiger partial charge in [-0.1, -0.05) is 13.8 Å². The molecule has 0 aromatic heterocycles. The van der Waals surface area contributed by atoms with Gasteiger partial charge in [-0.05, 0) is 25.9 Å². The summed E-state index contributed by atoms with van der Waals surface area (Å²) in [5.41, 5.74) is 0. The first-order valence-corrected chi connectivity index (χ1v) is 6.87. The molecule has 0 bridgehead atoms. The zero-order valence-corrected chi connectivity index (χ0v) is 11.3.